The molecule has 0 radical (unpaired) electrons. The molecule has 0 atom stereocenters. The highest BCUT2D eigenvalue weighted by Crippen LogP contribution is 2.25. The molecule has 6 nitrogen and oxygen atoms in total. The minimum absolute atomic E-state index is 0.178. The van der Waals surface area contributed by atoms with Gasteiger partial charge in [0.2, 0.25) is 11.8 Å². The van der Waals surface area contributed by atoms with E-state index in [9.17, 15) is 4.79 Å². The lowest BCUT2D eigenvalue weighted by atomic mass is 9.98. The third-order valence-electron chi connectivity index (χ3n) is 4.08. The zero-order valence-electron chi connectivity index (χ0n) is 12.5. The van der Waals surface area contributed by atoms with Crippen molar-refractivity contribution in [2.75, 3.05) is 31.6 Å². The van der Waals surface area contributed by atoms with Gasteiger partial charge in [0.15, 0.2) is 0 Å². The number of hydrogen-bond donors (Lipinski definition) is 2. The van der Waals surface area contributed by atoms with E-state index in [1.165, 1.54) is 0 Å². The summed E-state index contributed by atoms with van der Waals surface area (Å²) in [6.45, 7) is 5.68. The Kier molecular flexibility index (Phi) is 4.99. The van der Waals surface area contributed by atoms with Crippen LogP contribution in [0.5, 0.6) is 0 Å². The summed E-state index contributed by atoms with van der Waals surface area (Å²) in [6.07, 6.45) is 1.82. The molecule has 1 amide bonds. The molecular formula is C15H21N3O3. The third-order valence-corrected chi connectivity index (χ3v) is 4.08. The number of anilines is 1. The van der Waals surface area contributed by atoms with Crippen LogP contribution >= 0.6 is 0 Å². The molecule has 0 unspecified atom stereocenters. The largest absolute Gasteiger partial charge is 0.444 e. The van der Waals surface area contributed by atoms with Crippen LogP contribution in [0.2, 0.25) is 0 Å². The van der Waals surface area contributed by atoms with Gasteiger partial charge in [-0.2, -0.15) is 5.26 Å². The standard InChI is InChI=1S/C15H21N3O3/c1-10-11(2)21-15(13(10)7-16)17-14(20)8-18-5-3-12(9-19)4-6-18/h12,19H,3-6,8-9H2,1-2H3,(H,17,20). The van der Waals surface area contributed by atoms with Gasteiger partial charge in [0.1, 0.15) is 17.4 Å². The Bertz CT molecular complexity index is 551. The Balaban J connectivity index is 1.91. The molecule has 6 heteroatoms. The van der Waals surface area contributed by atoms with E-state index in [4.69, 9.17) is 14.8 Å². The minimum atomic E-state index is -0.178. The lowest BCUT2D eigenvalue weighted by molar-refractivity contribution is -0.117. The van der Waals surface area contributed by atoms with Gasteiger partial charge >= 0.3 is 0 Å². The van der Waals surface area contributed by atoms with E-state index in [0.717, 1.165) is 31.5 Å². The highest BCUT2D eigenvalue weighted by atomic mass is 16.4. The number of aliphatic hydroxyl groups excluding tert-OH is 1. The van der Waals surface area contributed by atoms with Gasteiger partial charge in [-0.15, -0.1) is 0 Å². The molecule has 1 aliphatic heterocycles. The number of nitrogens with one attached hydrogen (secondary N) is 1. The molecule has 0 saturated carbocycles. The second-order valence-electron chi connectivity index (χ2n) is 5.55. The van der Waals surface area contributed by atoms with Crippen molar-refractivity contribution in [1.82, 2.24) is 4.90 Å². The first-order valence-electron chi connectivity index (χ1n) is 7.18. The smallest absolute Gasteiger partial charge is 0.240 e. The average Bonchev–Trinajstić information content (AvgIpc) is 2.73. The van der Waals surface area contributed by atoms with Crippen LogP contribution in [0.15, 0.2) is 4.42 Å². The predicted molar refractivity (Wildman–Crippen MR) is 77.8 cm³/mol. The molecule has 2 N–H and O–H groups in total. The van der Waals surface area contributed by atoms with Crippen LogP contribution in [0.25, 0.3) is 0 Å². The Morgan fingerprint density at radius 1 is 1.48 bits per heavy atom. The summed E-state index contributed by atoms with van der Waals surface area (Å²) < 4.78 is 5.42. The minimum Gasteiger partial charge on any atom is -0.444 e. The summed E-state index contributed by atoms with van der Waals surface area (Å²) in [4.78, 5) is 14.1. The first-order chi connectivity index (χ1) is 10.0. The number of amides is 1. The van der Waals surface area contributed by atoms with Crippen molar-refractivity contribution in [3.8, 4) is 6.07 Å². The molecule has 1 saturated heterocycles. The molecule has 0 aromatic carbocycles. The molecule has 1 aromatic heterocycles. The van der Waals surface area contributed by atoms with Crippen molar-refractivity contribution < 1.29 is 14.3 Å². The second kappa shape index (κ2) is 6.74. The van der Waals surface area contributed by atoms with Crippen LogP contribution in [-0.2, 0) is 4.79 Å². The summed E-state index contributed by atoms with van der Waals surface area (Å²) in [6, 6.07) is 2.06. The van der Waals surface area contributed by atoms with Crippen molar-refractivity contribution in [1.29, 1.82) is 5.26 Å². The number of aliphatic hydroxyl groups is 1. The van der Waals surface area contributed by atoms with Gasteiger partial charge < -0.3 is 9.52 Å². The maximum Gasteiger partial charge on any atom is 0.240 e. The summed E-state index contributed by atoms with van der Waals surface area (Å²) in [5.74, 6) is 1.06. The summed E-state index contributed by atoms with van der Waals surface area (Å²) in [5.41, 5.74) is 1.15. The van der Waals surface area contributed by atoms with E-state index in [1.807, 2.05) is 0 Å². The Hall–Kier alpha value is -1.84. The monoisotopic (exact) mass is 291 g/mol. The first-order valence-corrected chi connectivity index (χ1v) is 7.18. The molecule has 21 heavy (non-hydrogen) atoms. The summed E-state index contributed by atoms with van der Waals surface area (Å²) in [5, 5.41) is 20.9. The van der Waals surface area contributed by atoms with E-state index in [2.05, 4.69) is 16.3 Å². The fraction of sp³-hybridized carbons (Fsp3) is 0.600. The molecule has 1 aromatic rings. The van der Waals surface area contributed by atoms with Gasteiger partial charge in [-0.05, 0) is 45.7 Å². The average molecular weight is 291 g/mol. The number of furan rings is 1. The number of aryl methyl sites for hydroxylation is 1. The Labute approximate surface area is 124 Å². The Morgan fingerprint density at radius 3 is 2.71 bits per heavy atom. The topological polar surface area (TPSA) is 89.5 Å². The predicted octanol–water partition coefficient (Wildman–Crippen LogP) is 1.41. The zero-order chi connectivity index (χ0) is 15.4. The van der Waals surface area contributed by atoms with E-state index < -0.39 is 0 Å². The van der Waals surface area contributed by atoms with E-state index >= 15 is 0 Å². The second-order valence-corrected chi connectivity index (χ2v) is 5.55. The molecule has 0 aliphatic carbocycles. The fourth-order valence-corrected chi connectivity index (χ4v) is 2.55. The van der Waals surface area contributed by atoms with Gasteiger partial charge in [0, 0.05) is 12.2 Å². The van der Waals surface area contributed by atoms with Crippen LogP contribution < -0.4 is 5.32 Å². The molecule has 2 rings (SSSR count). The Morgan fingerprint density at radius 2 is 2.14 bits per heavy atom. The van der Waals surface area contributed by atoms with Crippen molar-refractivity contribution in [3.05, 3.63) is 16.9 Å². The van der Waals surface area contributed by atoms with Gasteiger partial charge in [-0.3, -0.25) is 15.0 Å². The normalized spacial score (nSPS) is 16.7. The van der Waals surface area contributed by atoms with Crippen LogP contribution in [0.1, 0.15) is 29.7 Å². The first kappa shape index (κ1) is 15.5. The molecule has 0 bridgehead atoms. The highest BCUT2D eigenvalue weighted by molar-refractivity contribution is 5.92. The highest BCUT2D eigenvalue weighted by Gasteiger charge is 2.22. The molecule has 114 valence electrons. The van der Waals surface area contributed by atoms with Crippen LogP contribution in [0.3, 0.4) is 0 Å². The zero-order valence-corrected chi connectivity index (χ0v) is 12.5. The molecule has 1 aliphatic rings. The van der Waals surface area contributed by atoms with Crippen LogP contribution in [0.4, 0.5) is 5.88 Å². The van der Waals surface area contributed by atoms with Crippen LogP contribution in [0, 0.1) is 31.1 Å². The number of carbonyl (C=O) groups is 1. The number of piperidine rings is 1. The maximum atomic E-state index is 12.0. The third kappa shape index (κ3) is 3.63. The molecule has 2 heterocycles. The molecule has 1 fully saturated rings. The summed E-state index contributed by atoms with van der Waals surface area (Å²) in [7, 11) is 0. The number of nitriles is 1. The summed E-state index contributed by atoms with van der Waals surface area (Å²) >= 11 is 0. The lowest BCUT2D eigenvalue weighted by Crippen LogP contribution is -2.39. The van der Waals surface area contributed by atoms with Gasteiger partial charge in [-0.1, -0.05) is 0 Å². The fourth-order valence-electron chi connectivity index (χ4n) is 2.55. The SMILES string of the molecule is Cc1oc(NC(=O)CN2CCC(CO)CC2)c(C#N)c1C. The number of rotatable bonds is 4. The number of likely N-dealkylation sites (tertiary alicyclic amines) is 1. The van der Waals surface area contributed by atoms with Crippen molar-refractivity contribution in [3.63, 3.8) is 0 Å². The van der Waals surface area contributed by atoms with Crippen molar-refractivity contribution in [2.45, 2.75) is 26.7 Å². The molecule has 0 spiro atoms. The van der Waals surface area contributed by atoms with E-state index in [0.29, 0.717) is 17.2 Å². The van der Waals surface area contributed by atoms with Gasteiger partial charge in [-0.25, -0.2) is 0 Å². The van der Waals surface area contributed by atoms with Gasteiger partial charge in [0.05, 0.1) is 6.54 Å². The number of nitrogens with zero attached hydrogens (tertiary/aromatic N) is 2. The molecular weight excluding hydrogens is 270 g/mol. The van der Waals surface area contributed by atoms with Crippen molar-refractivity contribution in [2.24, 2.45) is 5.92 Å². The maximum absolute atomic E-state index is 12.0. The van der Waals surface area contributed by atoms with E-state index in [1.54, 1.807) is 13.8 Å². The van der Waals surface area contributed by atoms with Crippen molar-refractivity contribution >= 4 is 11.8 Å². The van der Waals surface area contributed by atoms with Gasteiger partial charge in [0.25, 0.3) is 0 Å². The van der Waals surface area contributed by atoms with E-state index in [-0.39, 0.29) is 24.9 Å². The lowest BCUT2D eigenvalue weighted by Gasteiger charge is -2.30. The number of hydrogen-bond acceptors (Lipinski definition) is 5. The number of carbonyl (C=O) groups excluding carboxylic acids is 1. The quantitative estimate of drug-likeness (QED) is 0.875. The van der Waals surface area contributed by atoms with Crippen LogP contribution in [-0.4, -0.2) is 42.2 Å².